The zero-order chi connectivity index (χ0) is 18.0. The summed E-state index contributed by atoms with van der Waals surface area (Å²) in [7, 11) is 1.20. The summed E-state index contributed by atoms with van der Waals surface area (Å²) in [5, 5.41) is 2.69. The molecule has 1 atom stereocenters. The van der Waals surface area contributed by atoms with Gasteiger partial charge < -0.3 is 15.0 Å². The lowest BCUT2D eigenvalue weighted by Gasteiger charge is -2.12. The van der Waals surface area contributed by atoms with Crippen molar-refractivity contribution < 1.29 is 18.7 Å². The predicted molar refractivity (Wildman–Crippen MR) is 89.7 cm³/mol. The summed E-state index contributed by atoms with van der Waals surface area (Å²) in [6, 6.07) is 10.6. The smallest absolute Gasteiger partial charge is 0.337 e. The van der Waals surface area contributed by atoms with Crippen molar-refractivity contribution >= 4 is 22.9 Å². The quantitative estimate of drug-likeness (QED) is 0.715. The van der Waals surface area contributed by atoms with E-state index in [-0.39, 0.29) is 11.1 Å². The Labute approximate surface area is 143 Å². The molecule has 3 aromatic rings. The van der Waals surface area contributed by atoms with Gasteiger partial charge in [-0.1, -0.05) is 12.1 Å². The van der Waals surface area contributed by atoms with Gasteiger partial charge in [0.15, 0.2) is 0 Å². The Hall–Kier alpha value is -3.22. The van der Waals surface area contributed by atoms with Crippen LogP contribution in [0.5, 0.6) is 0 Å². The van der Waals surface area contributed by atoms with E-state index in [1.165, 1.54) is 19.2 Å². The van der Waals surface area contributed by atoms with Crippen molar-refractivity contribution in [3.8, 4) is 0 Å². The van der Waals surface area contributed by atoms with Gasteiger partial charge in [0.05, 0.1) is 35.3 Å². The van der Waals surface area contributed by atoms with Crippen LogP contribution < -0.4 is 5.32 Å². The first-order valence-electron chi connectivity index (χ1n) is 7.63. The molecule has 3 rings (SSSR count). The number of nitrogens with one attached hydrogen (secondary N) is 2. The molecule has 0 unspecified atom stereocenters. The Kier molecular flexibility index (Phi) is 4.47. The average molecular weight is 341 g/mol. The van der Waals surface area contributed by atoms with Crippen molar-refractivity contribution in [2.45, 2.75) is 13.0 Å². The Morgan fingerprint density at radius 1 is 1.24 bits per heavy atom. The molecule has 2 N–H and O–H groups in total. The molecule has 0 aliphatic heterocycles. The maximum absolute atomic E-state index is 14.1. The number of rotatable bonds is 4. The number of H-pyrrole nitrogens is 1. The molecule has 1 heterocycles. The number of benzene rings is 2. The minimum Gasteiger partial charge on any atom is -0.465 e. The van der Waals surface area contributed by atoms with Crippen LogP contribution in [-0.2, 0) is 4.74 Å². The van der Waals surface area contributed by atoms with Gasteiger partial charge in [0, 0.05) is 0 Å². The van der Waals surface area contributed by atoms with Crippen molar-refractivity contribution in [1.82, 2.24) is 15.3 Å². The Morgan fingerprint density at radius 3 is 2.68 bits per heavy atom. The van der Waals surface area contributed by atoms with Crippen LogP contribution in [0.25, 0.3) is 11.0 Å². The van der Waals surface area contributed by atoms with Crippen LogP contribution in [0.15, 0.2) is 42.5 Å². The summed E-state index contributed by atoms with van der Waals surface area (Å²) in [5.74, 6) is -1.48. The number of para-hydroxylation sites is 2. The number of hydrogen-bond acceptors (Lipinski definition) is 4. The van der Waals surface area contributed by atoms with Crippen molar-refractivity contribution in [3.05, 3.63) is 65.2 Å². The molecule has 25 heavy (non-hydrogen) atoms. The number of nitrogens with zero attached hydrogens (tertiary/aromatic N) is 1. The standard InChI is InChI=1S/C18H16FN3O3/c1-10(16-21-14-5-3-4-6-15(14)22-16)20-17(23)12-8-7-11(9-13(12)19)18(24)25-2/h3-10H,1-2H3,(H,20,23)(H,21,22)/t10-/m0/s1. The molecule has 7 heteroatoms. The van der Waals surface area contributed by atoms with Crippen molar-refractivity contribution in [2.24, 2.45) is 0 Å². The molecule has 0 spiro atoms. The molecule has 2 aromatic carbocycles. The first-order chi connectivity index (χ1) is 12.0. The van der Waals surface area contributed by atoms with Crippen molar-refractivity contribution in [2.75, 3.05) is 7.11 Å². The highest BCUT2D eigenvalue weighted by molar-refractivity contribution is 5.96. The molecule has 0 saturated carbocycles. The number of aromatic nitrogens is 2. The fourth-order valence-corrected chi connectivity index (χ4v) is 2.46. The summed E-state index contributed by atoms with van der Waals surface area (Å²) < 4.78 is 18.6. The zero-order valence-electron chi connectivity index (χ0n) is 13.7. The maximum atomic E-state index is 14.1. The van der Waals surface area contributed by atoms with E-state index < -0.39 is 23.7 Å². The van der Waals surface area contributed by atoms with E-state index in [0.717, 1.165) is 17.1 Å². The molecule has 0 saturated heterocycles. The summed E-state index contributed by atoms with van der Waals surface area (Å²) in [6.45, 7) is 1.75. The second kappa shape index (κ2) is 6.72. The average Bonchev–Trinajstić information content (AvgIpc) is 3.05. The lowest BCUT2D eigenvalue weighted by molar-refractivity contribution is 0.0599. The second-order valence-electron chi connectivity index (χ2n) is 5.52. The lowest BCUT2D eigenvalue weighted by Crippen LogP contribution is -2.28. The van der Waals surface area contributed by atoms with E-state index in [9.17, 15) is 14.0 Å². The SMILES string of the molecule is COC(=O)c1ccc(C(=O)N[C@@H](C)c2nc3ccccc3[nH]2)c(F)c1. The number of carbonyl (C=O) groups excluding carboxylic acids is 2. The minimum absolute atomic E-state index is 0.0434. The number of carbonyl (C=O) groups is 2. The highest BCUT2D eigenvalue weighted by Gasteiger charge is 2.19. The summed E-state index contributed by atoms with van der Waals surface area (Å²) in [5.41, 5.74) is 1.52. The van der Waals surface area contributed by atoms with E-state index in [1.807, 2.05) is 24.3 Å². The third-order valence-corrected chi connectivity index (χ3v) is 3.80. The molecule has 1 amide bonds. The van der Waals surface area contributed by atoms with Gasteiger partial charge in [-0.25, -0.2) is 14.2 Å². The molecule has 0 fully saturated rings. The van der Waals surface area contributed by atoms with Crippen LogP contribution >= 0.6 is 0 Å². The van der Waals surface area contributed by atoms with E-state index in [4.69, 9.17) is 0 Å². The fraction of sp³-hybridized carbons (Fsp3) is 0.167. The topological polar surface area (TPSA) is 84.1 Å². The normalized spacial score (nSPS) is 12.0. The maximum Gasteiger partial charge on any atom is 0.337 e. The van der Waals surface area contributed by atoms with Gasteiger partial charge in [-0.15, -0.1) is 0 Å². The van der Waals surface area contributed by atoms with Crippen LogP contribution in [0, 0.1) is 5.82 Å². The highest BCUT2D eigenvalue weighted by atomic mass is 19.1. The number of fused-ring (bicyclic) bond motifs is 1. The molecular formula is C18H16FN3O3. The summed E-state index contributed by atoms with van der Waals surface area (Å²) in [6.07, 6.45) is 0. The zero-order valence-corrected chi connectivity index (χ0v) is 13.7. The number of esters is 1. The first-order valence-corrected chi connectivity index (χ1v) is 7.63. The van der Waals surface area contributed by atoms with Crippen molar-refractivity contribution in [1.29, 1.82) is 0 Å². The first kappa shape index (κ1) is 16.6. The van der Waals surface area contributed by atoms with Crippen molar-refractivity contribution in [3.63, 3.8) is 0 Å². The fourth-order valence-electron chi connectivity index (χ4n) is 2.46. The number of methoxy groups -OCH3 is 1. The largest absolute Gasteiger partial charge is 0.465 e. The monoisotopic (exact) mass is 341 g/mol. The summed E-state index contributed by atoms with van der Waals surface area (Å²) in [4.78, 5) is 31.2. The molecule has 0 bridgehead atoms. The third kappa shape index (κ3) is 3.35. The van der Waals surface area contributed by atoms with Gasteiger partial charge in [-0.3, -0.25) is 4.79 Å². The third-order valence-electron chi connectivity index (χ3n) is 3.80. The molecule has 0 aliphatic carbocycles. The molecule has 128 valence electrons. The molecule has 0 radical (unpaired) electrons. The van der Waals surface area contributed by atoms with Gasteiger partial charge >= 0.3 is 5.97 Å². The van der Waals surface area contributed by atoms with Gasteiger partial charge in [0.25, 0.3) is 5.91 Å². The number of ether oxygens (including phenoxy) is 1. The molecule has 6 nitrogen and oxygen atoms in total. The van der Waals surface area contributed by atoms with E-state index in [0.29, 0.717) is 5.82 Å². The van der Waals surface area contributed by atoms with Gasteiger partial charge in [-0.05, 0) is 37.3 Å². The Balaban J connectivity index is 1.78. The van der Waals surface area contributed by atoms with Gasteiger partial charge in [0.2, 0.25) is 0 Å². The van der Waals surface area contributed by atoms with E-state index >= 15 is 0 Å². The number of halogens is 1. The Bertz CT molecular complexity index is 919. The molecular weight excluding hydrogens is 325 g/mol. The molecule has 1 aromatic heterocycles. The second-order valence-corrected chi connectivity index (χ2v) is 5.52. The van der Waals surface area contributed by atoms with Crippen LogP contribution in [0.1, 0.15) is 39.5 Å². The van der Waals surface area contributed by atoms with Crippen LogP contribution in [0.3, 0.4) is 0 Å². The van der Waals surface area contributed by atoms with Gasteiger partial charge in [-0.2, -0.15) is 0 Å². The number of imidazole rings is 1. The van der Waals surface area contributed by atoms with Crippen LogP contribution in [0.2, 0.25) is 0 Å². The Morgan fingerprint density at radius 2 is 2.00 bits per heavy atom. The van der Waals surface area contributed by atoms with Gasteiger partial charge in [0.1, 0.15) is 11.6 Å². The van der Waals surface area contributed by atoms with E-state index in [2.05, 4.69) is 20.0 Å². The lowest BCUT2D eigenvalue weighted by atomic mass is 10.1. The highest BCUT2D eigenvalue weighted by Crippen LogP contribution is 2.17. The molecule has 0 aliphatic rings. The number of aromatic amines is 1. The minimum atomic E-state index is -0.794. The van der Waals surface area contributed by atoms with E-state index in [1.54, 1.807) is 6.92 Å². The summed E-state index contributed by atoms with van der Waals surface area (Å²) >= 11 is 0. The predicted octanol–water partition coefficient (Wildman–Crippen LogP) is 2.98. The van der Waals surface area contributed by atoms with Crippen LogP contribution in [-0.4, -0.2) is 29.0 Å². The number of hydrogen-bond donors (Lipinski definition) is 2. The van der Waals surface area contributed by atoms with Crippen LogP contribution in [0.4, 0.5) is 4.39 Å². The number of amides is 1.